The lowest BCUT2D eigenvalue weighted by atomic mass is 10.0. The number of fused-ring (bicyclic) bond motifs is 1. The van der Waals surface area contributed by atoms with Gasteiger partial charge in [0.15, 0.2) is 5.65 Å². The van der Waals surface area contributed by atoms with Crippen molar-refractivity contribution in [3.63, 3.8) is 0 Å². The number of benzene rings is 1. The van der Waals surface area contributed by atoms with Gasteiger partial charge in [0.25, 0.3) is 0 Å². The molecule has 2 heterocycles. The first-order chi connectivity index (χ1) is 15.0. The zero-order chi connectivity index (χ0) is 21.8. The van der Waals surface area contributed by atoms with Crippen LogP contribution >= 0.6 is 11.6 Å². The van der Waals surface area contributed by atoms with E-state index in [9.17, 15) is 4.79 Å². The molecule has 2 N–H and O–H groups in total. The molecule has 2 amide bonds. The molecule has 9 heteroatoms. The van der Waals surface area contributed by atoms with Crippen LogP contribution in [0.4, 0.5) is 10.6 Å². The molecule has 0 aliphatic heterocycles. The van der Waals surface area contributed by atoms with Crippen LogP contribution in [-0.4, -0.2) is 59.6 Å². The van der Waals surface area contributed by atoms with Gasteiger partial charge in [-0.05, 0) is 30.8 Å². The molecule has 1 aromatic carbocycles. The van der Waals surface area contributed by atoms with E-state index in [1.807, 2.05) is 55.9 Å². The maximum atomic E-state index is 12.3. The number of carbonyl (C=O) groups is 1. The fraction of sp³-hybridized carbons (Fsp3) is 0.409. The average Bonchev–Trinajstić information content (AvgIpc) is 3.41. The Hall–Kier alpha value is -2.74. The highest BCUT2D eigenvalue weighted by atomic mass is 35.5. The molecule has 0 atom stereocenters. The van der Waals surface area contributed by atoms with Gasteiger partial charge < -0.3 is 15.5 Å². The Morgan fingerprint density at radius 2 is 2.10 bits per heavy atom. The van der Waals surface area contributed by atoms with Crippen molar-refractivity contribution >= 4 is 42.4 Å². The number of carbonyl (C=O) groups excluding carboxylic acids is 1. The fourth-order valence-electron chi connectivity index (χ4n) is 3.99. The second-order valence-electron chi connectivity index (χ2n) is 8.20. The van der Waals surface area contributed by atoms with Crippen LogP contribution in [0.5, 0.6) is 0 Å². The third kappa shape index (κ3) is 4.96. The van der Waals surface area contributed by atoms with Crippen LogP contribution in [0, 0.1) is 0 Å². The Morgan fingerprint density at radius 3 is 2.87 bits per heavy atom. The predicted octanol–water partition coefficient (Wildman–Crippen LogP) is 2.69. The van der Waals surface area contributed by atoms with E-state index in [1.165, 1.54) is 12.8 Å². The van der Waals surface area contributed by atoms with Gasteiger partial charge in [-0.2, -0.15) is 9.61 Å². The second-order valence-corrected chi connectivity index (χ2v) is 8.61. The number of halogens is 1. The smallest absolute Gasteiger partial charge is 0.317 e. The summed E-state index contributed by atoms with van der Waals surface area (Å²) in [5.41, 5.74) is 3.49. The van der Waals surface area contributed by atoms with Crippen molar-refractivity contribution in [2.75, 3.05) is 25.5 Å². The van der Waals surface area contributed by atoms with Crippen LogP contribution in [0.2, 0.25) is 5.02 Å². The van der Waals surface area contributed by atoms with Gasteiger partial charge in [0.1, 0.15) is 13.7 Å². The zero-order valence-corrected chi connectivity index (χ0v) is 18.8. The summed E-state index contributed by atoms with van der Waals surface area (Å²) in [5, 5.41) is 11.7. The molecule has 1 saturated carbocycles. The first kappa shape index (κ1) is 21.5. The van der Waals surface area contributed by atoms with Gasteiger partial charge in [0.2, 0.25) is 0 Å². The highest BCUT2D eigenvalue weighted by molar-refractivity contribution is 6.36. The molecule has 1 aliphatic carbocycles. The van der Waals surface area contributed by atoms with E-state index in [0.29, 0.717) is 24.2 Å². The van der Waals surface area contributed by atoms with E-state index < -0.39 is 0 Å². The Balaban J connectivity index is 1.41. The van der Waals surface area contributed by atoms with Gasteiger partial charge in [-0.1, -0.05) is 42.6 Å². The molecule has 0 radical (unpaired) electrons. The number of hydrogen-bond acceptors (Lipinski definition) is 4. The van der Waals surface area contributed by atoms with Gasteiger partial charge in [0, 0.05) is 49.0 Å². The molecule has 3 aromatic rings. The molecule has 1 fully saturated rings. The highest BCUT2D eigenvalue weighted by Crippen LogP contribution is 2.28. The standard InChI is InChI=1S/C22H28BClN6O/c1-29(22(31)27-15-7-2-3-8-15)12-6-11-25-20-13-19(16-9-4-5-10-18(16)24)28-21-17(23)14-26-30(20)21/h4-5,9-10,13-15,25H,2-3,6-8,11-12,23H2,1H3,(H,27,31). The van der Waals surface area contributed by atoms with E-state index in [4.69, 9.17) is 16.6 Å². The number of amides is 2. The van der Waals surface area contributed by atoms with E-state index in [0.717, 1.165) is 47.4 Å². The van der Waals surface area contributed by atoms with Crippen molar-refractivity contribution in [2.45, 2.75) is 38.1 Å². The fourth-order valence-corrected chi connectivity index (χ4v) is 4.23. The second kappa shape index (κ2) is 9.60. The number of anilines is 1. The molecule has 1 aliphatic rings. The summed E-state index contributed by atoms with van der Waals surface area (Å²) in [4.78, 5) is 18.9. The quantitative estimate of drug-likeness (QED) is 0.439. The molecular formula is C22H28BClN6O. The van der Waals surface area contributed by atoms with Gasteiger partial charge in [0.05, 0.1) is 5.69 Å². The lowest BCUT2D eigenvalue weighted by Crippen LogP contribution is -2.42. The van der Waals surface area contributed by atoms with E-state index in [-0.39, 0.29) is 6.03 Å². The monoisotopic (exact) mass is 438 g/mol. The van der Waals surface area contributed by atoms with Crippen molar-refractivity contribution in [3.8, 4) is 11.3 Å². The normalized spacial score (nSPS) is 14.1. The maximum absolute atomic E-state index is 12.3. The third-order valence-electron chi connectivity index (χ3n) is 5.80. The molecule has 31 heavy (non-hydrogen) atoms. The largest absolute Gasteiger partial charge is 0.370 e. The third-order valence-corrected chi connectivity index (χ3v) is 6.13. The minimum Gasteiger partial charge on any atom is -0.370 e. The average molecular weight is 439 g/mol. The van der Waals surface area contributed by atoms with Crippen LogP contribution in [-0.2, 0) is 0 Å². The molecule has 0 spiro atoms. The van der Waals surface area contributed by atoms with Crippen molar-refractivity contribution < 1.29 is 4.79 Å². The molecule has 4 rings (SSSR count). The Labute approximate surface area is 188 Å². The summed E-state index contributed by atoms with van der Waals surface area (Å²) in [5.74, 6) is 0.853. The van der Waals surface area contributed by atoms with Crippen LogP contribution in [0.25, 0.3) is 16.9 Å². The minimum absolute atomic E-state index is 0.0157. The highest BCUT2D eigenvalue weighted by Gasteiger charge is 2.19. The number of nitrogens with zero attached hydrogens (tertiary/aromatic N) is 4. The topological polar surface area (TPSA) is 74.6 Å². The van der Waals surface area contributed by atoms with Crippen LogP contribution in [0.15, 0.2) is 36.5 Å². The summed E-state index contributed by atoms with van der Waals surface area (Å²) < 4.78 is 1.81. The predicted molar refractivity (Wildman–Crippen MR) is 128 cm³/mol. The van der Waals surface area contributed by atoms with Gasteiger partial charge in [-0.3, -0.25) is 0 Å². The number of aromatic nitrogens is 3. The molecule has 0 saturated heterocycles. The van der Waals surface area contributed by atoms with E-state index in [2.05, 4.69) is 15.7 Å². The van der Waals surface area contributed by atoms with Crippen LogP contribution < -0.4 is 16.1 Å². The summed E-state index contributed by atoms with van der Waals surface area (Å²) in [6, 6.07) is 10.0. The lowest BCUT2D eigenvalue weighted by molar-refractivity contribution is 0.204. The van der Waals surface area contributed by atoms with Crippen molar-refractivity contribution in [1.82, 2.24) is 24.8 Å². The zero-order valence-electron chi connectivity index (χ0n) is 18.1. The SMILES string of the molecule is Bc1cnn2c(NCCCN(C)C(=O)NC3CCCC3)cc(-c3ccccc3Cl)nc12. The van der Waals surface area contributed by atoms with Crippen LogP contribution in [0.1, 0.15) is 32.1 Å². The number of rotatable bonds is 7. The van der Waals surface area contributed by atoms with Gasteiger partial charge in [-0.15, -0.1) is 0 Å². The molecule has 0 bridgehead atoms. The van der Waals surface area contributed by atoms with Gasteiger partial charge >= 0.3 is 6.03 Å². The maximum Gasteiger partial charge on any atom is 0.317 e. The molecule has 7 nitrogen and oxygen atoms in total. The van der Waals surface area contributed by atoms with E-state index in [1.54, 1.807) is 4.90 Å². The van der Waals surface area contributed by atoms with Crippen LogP contribution in [0.3, 0.4) is 0 Å². The van der Waals surface area contributed by atoms with Crippen molar-refractivity contribution in [2.24, 2.45) is 0 Å². The molecule has 0 unspecified atom stereocenters. The Kier molecular flexibility index (Phi) is 6.66. The van der Waals surface area contributed by atoms with Gasteiger partial charge in [-0.25, -0.2) is 9.78 Å². The number of urea groups is 1. The first-order valence-corrected chi connectivity index (χ1v) is 11.3. The number of hydrogen-bond donors (Lipinski definition) is 2. The minimum atomic E-state index is 0.0157. The Morgan fingerprint density at radius 1 is 1.32 bits per heavy atom. The van der Waals surface area contributed by atoms with Crippen molar-refractivity contribution in [1.29, 1.82) is 0 Å². The summed E-state index contributed by atoms with van der Waals surface area (Å²) in [6.45, 7) is 1.39. The summed E-state index contributed by atoms with van der Waals surface area (Å²) >= 11 is 6.40. The van der Waals surface area contributed by atoms with E-state index >= 15 is 0 Å². The molecular weight excluding hydrogens is 411 g/mol. The number of nitrogens with one attached hydrogen (secondary N) is 2. The lowest BCUT2D eigenvalue weighted by Gasteiger charge is -2.21. The first-order valence-electron chi connectivity index (χ1n) is 10.9. The summed E-state index contributed by atoms with van der Waals surface area (Å²) in [7, 11) is 3.84. The van der Waals surface area contributed by atoms with Crippen molar-refractivity contribution in [3.05, 3.63) is 41.6 Å². The molecule has 162 valence electrons. The summed E-state index contributed by atoms with van der Waals surface area (Å²) in [6.07, 6.45) is 7.24. The Bertz CT molecular complexity index is 1070. The molecule has 2 aromatic heterocycles.